The Morgan fingerprint density at radius 2 is 1.88 bits per heavy atom. The summed E-state index contributed by atoms with van der Waals surface area (Å²) in [6.45, 7) is 4.90. The first-order valence-corrected chi connectivity index (χ1v) is 7.24. The van der Waals surface area contributed by atoms with Crippen LogP contribution in [0.15, 0.2) is 0 Å². The molecule has 17 heavy (non-hydrogen) atoms. The van der Waals surface area contributed by atoms with Crippen molar-refractivity contribution in [3.05, 3.63) is 0 Å². The molecule has 1 rings (SSSR count). The van der Waals surface area contributed by atoms with Gasteiger partial charge in [0.2, 0.25) is 0 Å². The van der Waals surface area contributed by atoms with Gasteiger partial charge in [-0.3, -0.25) is 0 Å². The Labute approximate surface area is 106 Å². The molecule has 2 unspecified atom stereocenters. The fourth-order valence-corrected chi connectivity index (χ4v) is 2.30. The highest BCUT2D eigenvalue weighted by Crippen LogP contribution is 2.19. The van der Waals surface area contributed by atoms with E-state index < -0.39 is 0 Å². The summed E-state index contributed by atoms with van der Waals surface area (Å²) in [6.07, 6.45) is 9.59. The Hall–Kier alpha value is -0.120. The molecule has 3 heteroatoms. The van der Waals surface area contributed by atoms with Gasteiger partial charge >= 0.3 is 0 Å². The van der Waals surface area contributed by atoms with E-state index in [1.54, 1.807) is 0 Å². The maximum atomic E-state index is 5.86. The molecule has 1 N–H and O–H groups in total. The van der Waals surface area contributed by atoms with E-state index in [0.717, 1.165) is 26.2 Å². The summed E-state index contributed by atoms with van der Waals surface area (Å²) in [5.74, 6) is 0. The highest BCUT2D eigenvalue weighted by atomic mass is 16.5. The van der Waals surface area contributed by atoms with Crippen molar-refractivity contribution in [2.75, 3.05) is 26.8 Å². The third kappa shape index (κ3) is 7.02. The Balaban J connectivity index is 1.87. The SMILES string of the molecule is CCCCCCCOCC1CCC(CNC)O1. The van der Waals surface area contributed by atoms with Crippen molar-refractivity contribution in [2.24, 2.45) is 0 Å². The molecular weight excluding hydrogens is 214 g/mol. The zero-order valence-corrected chi connectivity index (χ0v) is 11.5. The lowest BCUT2D eigenvalue weighted by Crippen LogP contribution is -2.25. The maximum absolute atomic E-state index is 5.86. The van der Waals surface area contributed by atoms with Gasteiger partial charge in [0, 0.05) is 13.2 Å². The first-order chi connectivity index (χ1) is 8.36. The van der Waals surface area contributed by atoms with E-state index >= 15 is 0 Å². The van der Waals surface area contributed by atoms with Gasteiger partial charge in [0.05, 0.1) is 18.8 Å². The molecule has 0 radical (unpaired) electrons. The topological polar surface area (TPSA) is 30.5 Å². The van der Waals surface area contributed by atoms with Gasteiger partial charge in [0.25, 0.3) is 0 Å². The van der Waals surface area contributed by atoms with Gasteiger partial charge < -0.3 is 14.8 Å². The summed E-state index contributed by atoms with van der Waals surface area (Å²) in [4.78, 5) is 0. The largest absolute Gasteiger partial charge is 0.379 e. The summed E-state index contributed by atoms with van der Waals surface area (Å²) in [7, 11) is 1.98. The van der Waals surface area contributed by atoms with Crippen LogP contribution in [0.1, 0.15) is 51.9 Å². The zero-order chi connectivity index (χ0) is 12.3. The maximum Gasteiger partial charge on any atom is 0.0813 e. The van der Waals surface area contributed by atoms with Gasteiger partial charge in [0.1, 0.15) is 0 Å². The van der Waals surface area contributed by atoms with Gasteiger partial charge in [-0.05, 0) is 26.3 Å². The summed E-state index contributed by atoms with van der Waals surface area (Å²) < 4.78 is 11.5. The molecule has 0 saturated carbocycles. The first-order valence-electron chi connectivity index (χ1n) is 7.24. The van der Waals surface area contributed by atoms with E-state index in [2.05, 4.69) is 12.2 Å². The van der Waals surface area contributed by atoms with Crippen LogP contribution in [0.2, 0.25) is 0 Å². The van der Waals surface area contributed by atoms with Crippen LogP contribution >= 0.6 is 0 Å². The highest BCUT2D eigenvalue weighted by Gasteiger charge is 2.24. The average molecular weight is 243 g/mol. The van der Waals surface area contributed by atoms with Gasteiger partial charge in [-0.2, -0.15) is 0 Å². The molecule has 1 heterocycles. The molecule has 0 spiro atoms. The molecule has 0 aromatic rings. The monoisotopic (exact) mass is 243 g/mol. The number of rotatable bonds is 10. The van der Waals surface area contributed by atoms with E-state index in [-0.39, 0.29) is 0 Å². The second-order valence-corrected chi connectivity index (χ2v) is 5.00. The summed E-state index contributed by atoms with van der Waals surface area (Å²) in [5.41, 5.74) is 0. The minimum Gasteiger partial charge on any atom is -0.379 e. The molecule has 0 aromatic heterocycles. The molecule has 3 nitrogen and oxygen atoms in total. The quantitative estimate of drug-likeness (QED) is 0.598. The molecule has 0 amide bonds. The molecule has 1 aliphatic rings. The smallest absolute Gasteiger partial charge is 0.0813 e. The van der Waals surface area contributed by atoms with E-state index in [4.69, 9.17) is 9.47 Å². The van der Waals surface area contributed by atoms with Crippen molar-refractivity contribution < 1.29 is 9.47 Å². The average Bonchev–Trinajstić information content (AvgIpc) is 2.76. The predicted octanol–water partition coefficient (Wildman–Crippen LogP) is 2.74. The van der Waals surface area contributed by atoms with Gasteiger partial charge in [-0.15, -0.1) is 0 Å². The van der Waals surface area contributed by atoms with Crippen molar-refractivity contribution in [3.8, 4) is 0 Å². The second-order valence-electron chi connectivity index (χ2n) is 5.00. The fraction of sp³-hybridized carbons (Fsp3) is 1.00. The van der Waals surface area contributed by atoms with E-state index in [9.17, 15) is 0 Å². The molecule has 0 aromatic carbocycles. The van der Waals surface area contributed by atoms with Crippen LogP contribution in [-0.4, -0.2) is 39.0 Å². The van der Waals surface area contributed by atoms with Crippen LogP contribution in [-0.2, 0) is 9.47 Å². The molecular formula is C14H29NO2. The minimum atomic E-state index is 0.337. The standard InChI is InChI=1S/C14H29NO2/c1-3-4-5-6-7-10-16-12-14-9-8-13(17-14)11-15-2/h13-15H,3-12H2,1-2H3. The molecule has 0 aliphatic carbocycles. The lowest BCUT2D eigenvalue weighted by Gasteiger charge is -2.13. The van der Waals surface area contributed by atoms with Crippen LogP contribution in [0.3, 0.4) is 0 Å². The van der Waals surface area contributed by atoms with Crippen molar-refractivity contribution in [3.63, 3.8) is 0 Å². The number of ether oxygens (including phenoxy) is 2. The Morgan fingerprint density at radius 1 is 1.12 bits per heavy atom. The van der Waals surface area contributed by atoms with Crippen LogP contribution in [0.5, 0.6) is 0 Å². The second kappa shape index (κ2) is 9.86. The number of hydrogen-bond donors (Lipinski definition) is 1. The van der Waals surface area contributed by atoms with Gasteiger partial charge in [-0.25, -0.2) is 0 Å². The molecule has 0 bridgehead atoms. The Morgan fingerprint density at radius 3 is 2.65 bits per heavy atom. The van der Waals surface area contributed by atoms with Crippen LogP contribution in [0.4, 0.5) is 0 Å². The Bertz CT molecular complexity index is 176. The zero-order valence-electron chi connectivity index (χ0n) is 11.5. The van der Waals surface area contributed by atoms with Crippen molar-refractivity contribution in [1.82, 2.24) is 5.32 Å². The van der Waals surface area contributed by atoms with Gasteiger partial charge in [-0.1, -0.05) is 32.6 Å². The highest BCUT2D eigenvalue weighted by molar-refractivity contribution is 4.74. The summed E-state index contributed by atoms with van der Waals surface area (Å²) in [6, 6.07) is 0. The van der Waals surface area contributed by atoms with E-state index in [0.29, 0.717) is 12.2 Å². The van der Waals surface area contributed by atoms with Crippen LogP contribution in [0.25, 0.3) is 0 Å². The predicted molar refractivity (Wildman–Crippen MR) is 71.4 cm³/mol. The third-order valence-corrected chi connectivity index (χ3v) is 3.32. The molecule has 1 saturated heterocycles. The summed E-state index contributed by atoms with van der Waals surface area (Å²) in [5, 5.41) is 3.16. The van der Waals surface area contributed by atoms with E-state index in [1.165, 1.54) is 38.5 Å². The summed E-state index contributed by atoms with van der Waals surface area (Å²) >= 11 is 0. The number of unbranched alkanes of at least 4 members (excludes halogenated alkanes) is 4. The number of likely N-dealkylation sites (N-methyl/N-ethyl adjacent to an activating group) is 1. The molecule has 1 aliphatic heterocycles. The van der Waals surface area contributed by atoms with Crippen LogP contribution in [0, 0.1) is 0 Å². The molecule has 102 valence electrons. The minimum absolute atomic E-state index is 0.337. The molecule has 2 atom stereocenters. The van der Waals surface area contributed by atoms with E-state index in [1.807, 2.05) is 7.05 Å². The van der Waals surface area contributed by atoms with Crippen molar-refractivity contribution in [2.45, 2.75) is 64.1 Å². The Kier molecular flexibility index (Phi) is 8.67. The molecule has 1 fully saturated rings. The third-order valence-electron chi connectivity index (χ3n) is 3.32. The number of nitrogens with one attached hydrogen (secondary N) is 1. The lowest BCUT2D eigenvalue weighted by atomic mass is 10.2. The first kappa shape index (κ1) is 14.9. The van der Waals surface area contributed by atoms with Gasteiger partial charge in [0.15, 0.2) is 0 Å². The van der Waals surface area contributed by atoms with Crippen molar-refractivity contribution >= 4 is 0 Å². The lowest BCUT2D eigenvalue weighted by molar-refractivity contribution is -0.0144. The normalized spacial score (nSPS) is 24.4. The fourth-order valence-electron chi connectivity index (χ4n) is 2.30. The van der Waals surface area contributed by atoms with Crippen molar-refractivity contribution in [1.29, 1.82) is 0 Å². The van der Waals surface area contributed by atoms with Crippen LogP contribution < -0.4 is 5.32 Å². The number of hydrogen-bond acceptors (Lipinski definition) is 3.